The molecule has 5 atom stereocenters. The standard InChI is InChI=1S/C14H22O/c1-4-9-8-13(2)10-5-6-11(7-10)14(9,3)12(13)15/h9-11H,4-8H2,1-3H3/t9-,10-,11+,13+,14-/m1/s1. The molecule has 4 bridgehead atoms. The molecule has 1 nitrogen and oxygen atoms in total. The highest BCUT2D eigenvalue weighted by Crippen LogP contribution is 2.68. The minimum Gasteiger partial charge on any atom is -0.298 e. The molecular weight excluding hydrogens is 184 g/mol. The van der Waals surface area contributed by atoms with Gasteiger partial charge in [0, 0.05) is 10.8 Å². The zero-order valence-corrected chi connectivity index (χ0v) is 10.2. The van der Waals surface area contributed by atoms with Gasteiger partial charge in [0.05, 0.1) is 0 Å². The molecule has 3 aliphatic rings. The summed E-state index contributed by atoms with van der Waals surface area (Å²) in [5.41, 5.74) is 0.110. The summed E-state index contributed by atoms with van der Waals surface area (Å²) in [7, 11) is 0. The molecular formula is C14H22O. The van der Waals surface area contributed by atoms with Crippen LogP contribution in [0.25, 0.3) is 0 Å². The van der Waals surface area contributed by atoms with Crippen LogP contribution in [0.1, 0.15) is 52.9 Å². The smallest absolute Gasteiger partial charge is 0.145 e. The van der Waals surface area contributed by atoms with Crippen LogP contribution < -0.4 is 0 Å². The molecule has 0 spiro atoms. The van der Waals surface area contributed by atoms with E-state index in [1.165, 1.54) is 32.1 Å². The first-order valence-corrected chi connectivity index (χ1v) is 6.58. The maximum atomic E-state index is 12.7. The van der Waals surface area contributed by atoms with E-state index in [2.05, 4.69) is 20.8 Å². The van der Waals surface area contributed by atoms with Gasteiger partial charge >= 0.3 is 0 Å². The first kappa shape index (κ1) is 9.86. The van der Waals surface area contributed by atoms with Gasteiger partial charge in [-0.05, 0) is 43.4 Å². The van der Waals surface area contributed by atoms with Crippen molar-refractivity contribution in [3.8, 4) is 0 Å². The van der Waals surface area contributed by atoms with Crippen molar-refractivity contribution in [2.24, 2.45) is 28.6 Å². The topological polar surface area (TPSA) is 17.1 Å². The minimum atomic E-state index is 0.0521. The van der Waals surface area contributed by atoms with Gasteiger partial charge in [-0.25, -0.2) is 0 Å². The second-order valence-electron chi connectivity index (χ2n) is 6.55. The van der Waals surface area contributed by atoms with E-state index in [1.54, 1.807) is 0 Å². The molecule has 0 radical (unpaired) electrons. The fourth-order valence-corrected chi connectivity index (χ4v) is 5.16. The van der Waals surface area contributed by atoms with Gasteiger partial charge < -0.3 is 0 Å². The summed E-state index contributed by atoms with van der Waals surface area (Å²) in [6.07, 6.45) is 6.36. The van der Waals surface area contributed by atoms with Crippen LogP contribution in [-0.4, -0.2) is 5.78 Å². The van der Waals surface area contributed by atoms with Crippen molar-refractivity contribution < 1.29 is 4.79 Å². The van der Waals surface area contributed by atoms with Crippen LogP contribution in [-0.2, 0) is 4.79 Å². The lowest BCUT2D eigenvalue weighted by Crippen LogP contribution is -2.44. The predicted octanol–water partition coefficient (Wildman–Crippen LogP) is 3.43. The zero-order chi connectivity index (χ0) is 10.8. The fraction of sp³-hybridized carbons (Fsp3) is 0.929. The molecule has 3 aliphatic carbocycles. The molecule has 3 saturated carbocycles. The Balaban J connectivity index is 2.12. The van der Waals surface area contributed by atoms with Crippen molar-refractivity contribution in [3.63, 3.8) is 0 Å². The summed E-state index contributed by atoms with van der Waals surface area (Å²) in [5.74, 6) is 2.74. The summed E-state index contributed by atoms with van der Waals surface area (Å²) in [6.45, 7) is 6.80. The molecule has 1 heteroatoms. The molecule has 3 fully saturated rings. The number of hydrogen-bond donors (Lipinski definition) is 0. The first-order chi connectivity index (χ1) is 7.03. The Morgan fingerprint density at radius 2 is 1.93 bits per heavy atom. The Morgan fingerprint density at radius 1 is 1.27 bits per heavy atom. The number of ketones is 1. The Labute approximate surface area is 92.6 Å². The zero-order valence-electron chi connectivity index (χ0n) is 10.2. The lowest BCUT2D eigenvalue weighted by atomic mass is 9.61. The Hall–Kier alpha value is -0.330. The molecule has 84 valence electrons. The molecule has 0 aromatic carbocycles. The number of rotatable bonds is 1. The van der Waals surface area contributed by atoms with E-state index in [-0.39, 0.29) is 10.8 Å². The van der Waals surface area contributed by atoms with Gasteiger partial charge in [0.15, 0.2) is 0 Å². The third-order valence-corrected chi connectivity index (χ3v) is 6.20. The van der Waals surface area contributed by atoms with Crippen LogP contribution in [0, 0.1) is 28.6 Å². The lowest BCUT2D eigenvalue weighted by molar-refractivity contribution is -0.141. The number of Topliss-reactive ketones (excluding diaryl/α,β-unsaturated/α-hetero) is 1. The van der Waals surface area contributed by atoms with Gasteiger partial charge in [0.25, 0.3) is 0 Å². The number of fused-ring (bicyclic) bond motifs is 6. The molecule has 0 aliphatic heterocycles. The van der Waals surface area contributed by atoms with Gasteiger partial charge in [-0.15, -0.1) is 0 Å². The van der Waals surface area contributed by atoms with E-state index in [1.807, 2.05) is 0 Å². The SMILES string of the molecule is CC[C@@H]1C[C@]2(C)C(=O)[C@@]1(C)[C@H]1CC[C@@H]2C1. The van der Waals surface area contributed by atoms with Crippen molar-refractivity contribution in [1.82, 2.24) is 0 Å². The maximum absolute atomic E-state index is 12.7. The molecule has 0 aromatic rings. The lowest BCUT2D eigenvalue weighted by Gasteiger charge is -2.41. The molecule has 0 saturated heterocycles. The van der Waals surface area contributed by atoms with Crippen LogP contribution in [0.2, 0.25) is 0 Å². The Bertz CT molecular complexity index is 321. The molecule has 3 rings (SSSR count). The minimum absolute atomic E-state index is 0.0521. The Kier molecular flexibility index (Phi) is 1.76. The number of hydrogen-bond acceptors (Lipinski definition) is 1. The second-order valence-corrected chi connectivity index (χ2v) is 6.55. The average molecular weight is 206 g/mol. The largest absolute Gasteiger partial charge is 0.298 e. The van der Waals surface area contributed by atoms with Crippen LogP contribution >= 0.6 is 0 Å². The molecule has 15 heavy (non-hydrogen) atoms. The highest BCUT2D eigenvalue weighted by Gasteiger charge is 2.67. The summed E-state index contributed by atoms with van der Waals surface area (Å²) >= 11 is 0. The van der Waals surface area contributed by atoms with Crippen molar-refractivity contribution in [2.45, 2.75) is 52.9 Å². The van der Waals surface area contributed by atoms with Crippen molar-refractivity contribution >= 4 is 5.78 Å². The number of carbonyl (C=O) groups is 1. The molecule has 0 aromatic heterocycles. The highest BCUT2D eigenvalue weighted by atomic mass is 16.1. The molecule has 0 heterocycles. The van der Waals surface area contributed by atoms with Crippen LogP contribution in [0.3, 0.4) is 0 Å². The van der Waals surface area contributed by atoms with E-state index in [0.29, 0.717) is 11.7 Å². The number of carbonyl (C=O) groups excluding carboxylic acids is 1. The van der Waals surface area contributed by atoms with Crippen LogP contribution in [0.4, 0.5) is 0 Å². The molecule has 0 N–H and O–H groups in total. The Morgan fingerprint density at radius 3 is 2.60 bits per heavy atom. The predicted molar refractivity (Wildman–Crippen MR) is 60.5 cm³/mol. The van der Waals surface area contributed by atoms with E-state index in [0.717, 1.165) is 11.8 Å². The van der Waals surface area contributed by atoms with E-state index in [9.17, 15) is 4.79 Å². The summed E-state index contributed by atoms with van der Waals surface area (Å²) < 4.78 is 0. The van der Waals surface area contributed by atoms with Gasteiger partial charge in [-0.3, -0.25) is 4.79 Å². The highest BCUT2D eigenvalue weighted by molar-refractivity contribution is 5.94. The van der Waals surface area contributed by atoms with E-state index >= 15 is 0 Å². The third-order valence-electron chi connectivity index (χ3n) is 6.20. The van der Waals surface area contributed by atoms with Gasteiger partial charge in [-0.2, -0.15) is 0 Å². The molecule has 0 amide bonds. The van der Waals surface area contributed by atoms with Gasteiger partial charge in [0.2, 0.25) is 0 Å². The third kappa shape index (κ3) is 0.893. The quantitative estimate of drug-likeness (QED) is 0.642. The van der Waals surface area contributed by atoms with Crippen molar-refractivity contribution in [2.75, 3.05) is 0 Å². The maximum Gasteiger partial charge on any atom is 0.145 e. The fourth-order valence-electron chi connectivity index (χ4n) is 5.16. The van der Waals surface area contributed by atoms with E-state index < -0.39 is 0 Å². The normalized spacial score (nSPS) is 57.5. The van der Waals surface area contributed by atoms with Crippen molar-refractivity contribution in [3.05, 3.63) is 0 Å². The summed E-state index contributed by atoms with van der Waals surface area (Å²) in [4.78, 5) is 12.7. The average Bonchev–Trinajstić information content (AvgIpc) is 2.73. The monoisotopic (exact) mass is 206 g/mol. The summed E-state index contributed by atoms with van der Waals surface area (Å²) in [5, 5.41) is 0. The van der Waals surface area contributed by atoms with Gasteiger partial charge in [-0.1, -0.05) is 27.2 Å². The van der Waals surface area contributed by atoms with Gasteiger partial charge in [0.1, 0.15) is 5.78 Å². The van der Waals surface area contributed by atoms with Crippen LogP contribution in [0.5, 0.6) is 0 Å². The summed E-state index contributed by atoms with van der Waals surface area (Å²) in [6, 6.07) is 0. The van der Waals surface area contributed by atoms with E-state index in [4.69, 9.17) is 0 Å². The molecule has 0 unspecified atom stereocenters. The van der Waals surface area contributed by atoms with Crippen molar-refractivity contribution in [1.29, 1.82) is 0 Å². The van der Waals surface area contributed by atoms with Crippen LogP contribution in [0.15, 0.2) is 0 Å². The second kappa shape index (κ2) is 2.67. The first-order valence-electron chi connectivity index (χ1n) is 6.58.